The van der Waals surface area contributed by atoms with Crippen LogP contribution in [0.25, 0.3) is 0 Å². The van der Waals surface area contributed by atoms with Gasteiger partial charge in [-0.25, -0.2) is 0 Å². The number of hydrogen-bond acceptors (Lipinski definition) is 5. The molecule has 0 aromatic heterocycles. The third-order valence-electron chi connectivity index (χ3n) is 7.69. The van der Waals surface area contributed by atoms with Crippen molar-refractivity contribution in [2.24, 2.45) is 11.8 Å². The summed E-state index contributed by atoms with van der Waals surface area (Å²) in [6, 6.07) is -0.497. The standard InChI is InChI=1S/C25H37N3O4S/c1-4-10-17(2)27-15-9-12-25-20(19-18(33-25)11-8-13-26(3)22(19)30)23(31)28(21(25)24(27)32)14-6-5-7-16-29/h8-9,11-12,17-21,29H,4-7,10,13-16H2,1-3H3/t17?,18-,19+,20-,21?,25-/m0/s1. The number of unbranched alkanes of at least 4 members (excludes halogenated alkanes) is 2. The Kier molecular flexibility index (Phi) is 7.24. The number of hydrogen-bond donors (Lipinski definition) is 1. The molecule has 0 aromatic carbocycles. The number of rotatable bonds is 8. The number of aliphatic hydroxyl groups excluding tert-OH is 1. The van der Waals surface area contributed by atoms with Crippen molar-refractivity contribution in [1.29, 1.82) is 0 Å². The van der Waals surface area contributed by atoms with Gasteiger partial charge in [0, 0.05) is 44.6 Å². The summed E-state index contributed by atoms with van der Waals surface area (Å²) in [5.74, 6) is -1.05. The normalized spacial score (nSPS) is 34.3. The fourth-order valence-electron chi connectivity index (χ4n) is 6.06. The van der Waals surface area contributed by atoms with Gasteiger partial charge in [-0.3, -0.25) is 14.4 Å². The number of carbonyl (C=O) groups is 3. The van der Waals surface area contributed by atoms with Crippen molar-refractivity contribution >= 4 is 29.5 Å². The van der Waals surface area contributed by atoms with Crippen LogP contribution in [0.3, 0.4) is 0 Å². The second-order valence-electron chi connectivity index (χ2n) is 9.84. The Morgan fingerprint density at radius 3 is 2.64 bits per heavy atom. The summed E-state index contributed by atoms with van der Waals surface area (Å²) in [6.45, 7) is 5.90. The second-order valence-corrected chi connectivity index (χ2v) is 11.3. The molecule has 4 heterocycles. The van der Waals surface area contributed by atoms with Crippen molar-refractivity contribution in [1.82, 2.24) is 14.7 Å². The van der Waals surface area contributed by atoms with Crippen molar-refractivity contribution in [2.75, 3.05) is 33.3 Å². The first-order chi connectivity index (χ1) is 15.9. The molecule has 8 heteroatoms. The van der Waals surface area contributed by atoms with Gasteiger partial charge in [0.15, 0.2) is 0 Å². The van der Waals surface area contributed by atoms with E-state index in [-0.39, 0.29) is 35.6 Å². The number of likely N-dealkylation sites (N-methyl/N-ethyl adjacent to an activating group) is 1. The highest BCUT2D eigenvalue weighted by molar-refractivity contribution is 8.02. The van der Waals surface area contributed by atoms with E-state index >= 15 is 0 Å². The van der Waals surface area contributed by atoms with Crippen LogP contribution < -0.4 is 0 Å². The fraction of sp³-hybridized carbons (Fsp3) is 0.720. The van der Waals surface area contributed by atoms with E-state index in [1.807, 2.05) is 11.0 Å². The first-order valence-corrected chi connectivity index (χ1v) is 13.2. The van der Waals surface area contributed by atoms with E-state index in [1.54, 1.807) is 28.6 Å². The van der Waals surface area contributed by atoms with E-state index in [4.69, 9.17) is 5.11 Å². The molecule has 2 unspecified atom stereocenters. The molecule has 6 atom stereocenters. The molecule has 182 valence electrons. The molecule has 4 rings (SSSR count). The maximum atomic E-state index is 14.1. The zero-order chi connectivity index (χ0) is 23.8. The molecule has 2 saturated heterocycles. The summed E-state index contributed by atoms with van der Waals surface area (Å²) in [5, 5.41) is 9.06. The summed E-state index contributed by atoms with van der Waals surface area (Å²) in [7, 11) is 1.79. The Bertz CT molecular complexity index is 846. The van der Waals surface area contributed by atoms with Crippen molar-refractivity contribution in [2.45, 2.75) is 68.0 Å². The molecule has 3 amide bonds. The smallest absolute Gasteiger partial charge is 0.247 e. The summed E-state index contributed by atoms with van der Waals surface area (Å²) in [5.41, 5.74) is 0. The van der Waals surface area contributed by atoms with Crippen LogP contribution in [0.5, 0.6) is 0 Å². The Labute approximate surface area is 201 Å². The Morgan fingerprint density at radius 2 is 1.91 bits per heavy atom. The van der Waals surface area contributed by atoms with Crippen LogP contribution in [0.2, 0.25) is 0 Å². The molecule has 1 spiro atoms. The van der Waals surface area contributed by atoms with Crippen molar-refractivity contribution in [3.8, 4) is 0 Å². The minimum Gasteiger partial charge on any atom is -0.396 e. The number of nitrogens with zero attached hydrogens (tertiary/aromatic N) is 3. The highest BCUT2D eigenvalue weighted by Gasteiger charge is 2.70. The highest BCUT2D eigenvalue weighted by Crippen LogP contribution is 2.61. The van der Waals surface area contributed by atoms with Gasteiger partial charge in [-0.1, -0.05) is 37.6 Å². The molecule has 4 aliphatic heterocycles. The fourth-order valence-corrected chi connectivity index (χ4v) is 8.07. The van der Waals surface area contributed by atoms with Crippen LogP contribution in [0.4, 0.5) is 0 Å². The van der Waals surface area contributed by atoms with Crippen LogP contribution in [0.15, 0.2) is 24.3 Å². The van der Waals surface area contributed by atoms with Crippen LogP contribution in [-0.2, 0) is 14.4 Å². The minimum atomic E-state index is -0.723. The maximum absolute atomic E-state index is 14.1. The molecule has 0 aromatic rings. The quantitative estimate of drug-likeness (QED) is 0.429. The molecule has 0 saturated carbocycles. The van der Waals surface area contributed by atoms with Crippen LogP contribution in [0, 0.1) is 11.8 Å². The average molecular weight is 476 g/mol. The number of likely N-dealkylation sites (tertiary alicyclic amines) is 1. The van der Waals surface area contributed by atoms with Crippen LogP contribution >= 0.6 is 11.8 Å². The third kappa shape index (κ3) is 4.03. The van der Waals surface area contributed by atoms with Gasteiger partial charge in [0.2, 0.25) is 17.7 Å². The summed E-state index contributed by atoms with van der Waals surface area (Å²) in [6.07, 6.45) is 12.3. The van der Waals surface area contributed by atoms with Crippen molar-refractivity contribution in [3.63, 3.8) is 0 Å². The first kappa shape index (κ1) is 24.3. The van der Waals surface area contributed by atoms with Gasteiger partial charge in [-0.15, -0.1) is 11.8 Å². The zero-order valence-electron chi connectivity index (χ0n) is 20.0. The lowest BCUT2D eigenvalue weighted by molar-refractivity contribution is -0.144. The van der Waals surface area contributed by atoms with Crippen molar-refractivity contribution < 1.29 is 19.5 Å². The largest absolute Gasteiger partial charge is 0.396 e. The van der Waals surface area contributed by atoms with Gasteiger partial charge >= 0.3 is 0 Å². The van der Waals surface area contributed by atoms with E-state index < -0.39 is 22.6 Å². The summed E-state index contributed by atoms with van der Waals surface area (Å²) < 4.78 is -0.723. The zero-order valence-corrected chi connectivity index (χ0v) is 20.8. The van der Waals surface area contributed by atoms with Gasteiger partial charge in [0.1, 0.15) is 6.04 Å². The number of thioether (sulfide) groups is 1. The topological polar surface area (TPSA) is 81.2 Å². The molecule has 2 fully saturated rings. The molecule has 0 bridgehead atoms. The SMILES string of the molecule is CCCC(C)N1CC=C[C@]23S[C@H]4C=CCN(C)C(=O)[C@H]4[C@H]2C(=O)N(CCCCCO)C3C1=O. The van der Waals surface area contributed by atoms with E-state index in [0.717, 1.165) is 25.7 Å². The lowest BCUT2D eigenvalue weighted by Crippen LogP contribution is -2.55. The van der Waals surface area contributed by atoms with E-state index in [2.05, 4.69) is 32.1 Å². The molecule has 0 radical (unpaired) electrons. The summed E-state index contributed by atoms with van der Waals surface area (Å²) in [4.78, 5) is 46.8. The predicted octanol–water partition coefficient (Wildman–Crippen LogP) is 2.06. The van der Waals surface area contributed by atoms with Gasteiger partial charge in [-0.05, 0) is 32.6 Å². The number of amides is 3. The van der Waals surface area contributed by atoms with Crippen LogP contribution in [-0.4, -0.2) is 92.9 Å². The van der Waals surface area contributed by atoms with Gasteiger partial charge in [-0.2, -0.15) is 0 Å². The minimum absolute atomic E-state index is 0.00471. The molecule has 33 heavy (non-hydrogen) atoms. The lowest BCUT2D eigenvalue weighted by Gasteiger charge is -2.37. The van der Waals surface area contributed by atoms with Crippen molar-refractivity contribution in [3.05, 3.63) is 24.3 Å². The number of fused-ring (bicyclic) bond motifs is 2. The first-order valence-electron chi connectivity index (χ1n) is 12.4. The van der Waals surface area contributed by atoms with E-state index in [0.29, 0.717) is 26.1 Å². The Hall–Kier alpha value is -1.80. The number of aliphatic hydroxyl groups is 1. The van der Waals surface area contributed by atoms with E-state index in [1.165, 1.54) is 0 Å². The Morgan fingerprint density at radius 1 is 1.12 bits per heavy atom. The van der Waals surface area contributed by atoms with Gasteiger partial charge in [0.25, 0.3) is 0 Å². The predicted molar refractivity (Wildman–Crippen MR) is 130 cm³/mol. The van der Waals surface area contributed by atoms with Gasteiger partial charge < -0.3 is 19.8 Å². The third-order valence-corrected chi connectivity index (χ3v) is 9.43. The highest BCUT2D eigenvalue weighted by atomic mass is 32.2. The molecular weight excluding hydrogens is 438 g/mol. The maximum Gasteiger partial charge on any atom is 0.247 e. The van der Waals surface area contributed by atoms with Gasteiger partial charge in [0.05, 0.1) is 16.6 Å². The molecule has 7 nitrogen and oxygen atoms in total. The molecule has 0 aliphatic carbocycles. The lowest BCUT2D eigenvalue weighted by atomic mass is 9.78. The van der Waals surface area contributed by atoms with Crippen LogP contribution in [0.1, 0.15) is 46.0 Å². The monoisotopic (exact) mass is 475 g/mol. The second kappa shape index (κ2) is 9.82. The summed E-state index contributed by atoms with van der Waals surface area (Å²) >= 11 is 1.64. The molecular formula is C25H37N3O4S. The molecule has 4 aliphatic rings. The molecule has 1 N–H and O–H groups in total. The van der Waals surface area contributed by atoms with E-state index in [9.17, 15) is 14.4 Å². The number of carbonyl (C=O) groups excluding carboxylic acids is 3. The Balaban J connectivity index is 1.74. The average Bonchev–Trinajstić information content (AvgIpc) is 3.10.